The Morgan fingerprint density at radius 1 is 0.359 bits per heavy atom. The Hall–Kier alpha value is -9.54. The van der Waals surface area contributed by atoms with Crippen LogP contribution in [0.15, 0.2) is 267 Å². The maximum absolute atomic E-state index is 2.62. The predicted molar refractivity (Wildman–Crippen MR) is 335 cm³/mol. The number of para-hydroxylation sites is 3. The molecule has 0 bridgehead atoms. The summed E-state index contributed by atoms with van der Waals surface area (Å²) < 4.78 is 5.11. The molecule has 1 aliphatic rings. The summed E-state index contributed by atoms with van der Waals surface area (Å²) in [4.78, 5) is 2.62. The smallest absolute Gasteiger partial charge is 0.0640 e. The number of aromatic nitrogens is 1. The number of thiophene rings is 1. The first-order chi connectivity index (χ1) is 38.5. The molecular formula is C75H50N2S. The third-order valence-corrected chi connectivity index (χ3v) is 18.2. The fourth-order valence-corrected chi connectivity index (χ4v) is 14.7. The molecule has 78 heavy (non-hydrogen) atoms. The van der Waals surface area contributed by atoms with Crippen molar-refractivity contribution in [3.8, 4) is 50.2 Å². The number of rotatable bonds is 7. The first kappa shape index (κ1) is 44.7. The summed E-state index contributed by atoms with van der Waals surface area (Å²) in [7, 11) is 0. The zero-order chi connectivity index (χ0) is 51.6. The van der Waals surface area contributed by atoms with E-state index in [9.17, 15) is 0 Å². The van der Waals surface area contributed by atoms with E-state index in [0.29, 0.717) is 0 Å². The van der Waals surface area contributed by atoms with Gasteiger partial charge in [-0.2, -0.15) is 0 Å². The predicted octanol–water partition coefficient (Wildman–Crippen LogP) is 21.4. The van der Waals surface area contributed by atoms with Crippen LogP contribution in [0.25, 0.3) is 124 Å². The fraction of sp³-hybridized carbons (Fsp3) is 0.0400. The Labute approximate surface area is 457 Å². The third kappa shape index (κ3) is 6.55. The molecule has 0 saturated heterocycles. The van der Waals surface area contributed by atoms with Crippen molar-refractivity contribution in [2.75, 3.05) is 4.90 Å². The lowest BCUT2D eigenvalue weighted by molar-refractivity contribution is 0.660. The minimum atomic E-state index is -0.209. The van der Waals surface area contributed by atoms with Gasteiger partial charge in [0.1, 0.15) is 0 Å². The standard InChI is InChI=1S/C75H50N2S/c1-75(2)64-36-14-10-29-55(64)56-42-41-50(46-65(56)75)76(69-39-20-34-62-58-31-13-17-40-70(58)78-74(62)69)68-44-43-60-54-28-7-6-26-52(54)53-27-8-9-32-59(53)71(60)72(68)63-35-19-33-61-57-30-12-16-38-67(57)77(73(61)63)66-37-15-11-25-51(66)49-24-18-23-48(45-49)47-21-4-3-5-22-47/h3-46H,1-2H3. The van der Waals surface area contributed by atoms with Gasteiger partial charge < -0.3 is 9.47 Å². The SMILES string of the molecule is CC1(C)c2ccccc2-c2ccc(N(c3ccc4c5ccccc5c5ccccc5c4c3-c3cccc4c5ccccc5n(-c5ccccc5-c5cccc(-c6ccccc6)c5)c34)c3cccc4c3sc3ccccc34)cc21. The fourth-order valence-electron chi connectivity index (χ4n) is 13.5. The molecule has 2 aromatic heterocycles. The molecule has 16 rings (SSSR count). The van der Waals surface area contributed by atoms with E-state index in [1.165, 1.54) is 124 Å². The highest BCUT2D eigenvalue weighted by molar-refractivity contribution is 7.26. The Kier molecular flexibility index (Phi) is 9.89. The van der Waals surface area contributed by atoms with Gasteiger partial charge in [-0.05, 0) is 114 Å². The molecule has 2 heterocycles. The van der Waals surface area contributed by atoms with Crippen molar-refractivity contribution in [2.24, 2.45) is 0 Å². The van der Waals surface area contributed by atoms with Crippen LogP contribution in [0.5, 0.6) is 0 Å². The van der Waals surface area contributed by atoms with E-state index in [1.54, 1.807) is 0 Å². The minimum absolute atomic E-state index is 0.209. The summed E-state index contributed by atoms with van der Waals surface area (Å²) in [6.07, 6.45) is 0. The highest BCUT2D eigenvalue weighted by atomic mass is 32.1. The minimum Gasteiger partial charge on any atom is -0.308 e. The van der Waals surface area contributed by atoms with E-state index in [0.717, 1.165) is 28.3 Å². The second-order valence-electron chi connectivity index (χ2n) is 21.5. The summed E-state index contributed by atoms with van der Waals surface area (Å²) in [5.41, 5.74) is 19.1. The Morgan fingerprint density at radius 2 is 0.936 bits per heavy atom. The quantitative estimate of drug-likeness (QED) is 0.144. The molecule has 0 aliphatic heterocycles. The van der Waals surface area contributed by atoms with Crippen LogP contribution in [-0.2, 0) is 5.41 Å². The van der Waals surface area contributed by atoms with Gasteiger partial charge in [0, 0.05) is 59.4 Å². The van der Waals surface area contributed by atoms with Gasteiger partial charge in [0.15, 0.2) is 0 Å². The van der Waals surface area contributed by atoms with Crippen molar-refractivity contribution in [3.63, 3.8) is 0 Å². The van der Waals surface area contributed by atoms with E-state index < -0.39 is 0 Å². The second-order valence-corrected chi connectivity index (χ2v) is 22.5. The molecule has 0 saturated carbocycles. The molecule has 1 aliphatic carbocycles. The summed E-state index contributed by atoms with van der Waals surface area (Å²) in [5.74, 6) is 0. The molecule has 366 valence electrons. The van der Waals surface area contributed by atoms with Crippen molar-refractivity contribution < 1.29 is 0 Å². The van der Waals surface area contributed by atoms with Gasteiger partial charge in [0.05, 0.1) is 32.8 Å². The number of fused-ring (bicyclic) bond motifs is 15. The molecule has 0 amide bonds. The van der Waals surface area contributed by atoms with Crippen molar-refractivity contribution >= 4 is 103 Å². The molecule has 13 aromatic carbocycles. The zero-order valence-corrected chi connectivity index (χ0v) is 44.0. The van der Waals surface area contributed by atoms with E-state index in [1.807, 2.05) is 11.3 Å². The zero-order valence-electron chi connectivity index (χ0n) is 43.2. The second kappa shape index (κ2) is 17.2. The topological polar surface area (TPSA) is 8.17 Å². The van der Waals surface area contributed by atoms with Gasteiger partial charge in [-0.25, -0.2) is 0 Å². The van der Waals surface area contributed by atoms with E-state index >= 15 is 0 Å². The lowest BCUT2D eigenvalue weighted by Gasteiger charge is -2.31. The molecule has 2 nitrogen and oxygen atoms in total. The monoisotopic (exact) mass is 1010 g/mol. The van der Waals surface area contributed by atoms with Gasteiger partial charge >= 0.3 is 0 Å². The first-order valence-corrected chi connectivity index (χ1v) is 27.9. The van der Waals surface area contributed by atoms with Crippen LogP contribution in [0.4, 0.5) is 17.1 Å². The van der Waals surface area contributed by atoms with Crippen LogP contribution in [0, 0.1) is 0 Å². The number of benzene rings is 13. The molecule has 0 N–H and O–H groups in total. The summed E-state index contributed by atoms with van der Waals surface area (Å²) in [5, 5.41) is 12.4. The maximum Gasteiger partial charge on any atom is 0.0640 e. The van der Waals surface area contributed by atoms with Crippen molar-refractivity contribution in [1.82, 2.24) is 4.57 Å². The lowest BCUT2D eigenvalue weighted by atomic mass is 9.82. The Morgan fingerprint density at radius 3 is 1.77 bits per heavy atom. The number of hydrogen-bond donors (Lipinski definition) is 0. The van der Waals surface area contributed by atoms with Crippen LogP contribution >= 0.6 is 11.3 Å². The lowest BCUT2D eigenvalue weighted by Crippen LogP contribution is -2.17. The third-order valence-electron chi connectivity index (χ3n) is 17.0. The normalized spacial score (nSPS) is 12.8. The van der Waals surface area contributed by atoms with Crippen LogP contribution in [-0.4, -0.2) is 4.57 Å². The average molecular weight is 1010 g/mol. The molecular weight excluding hydrogens is 961 g/mol. The molecule has 0 fully saturated rings. The van der Waals surface area contributed by atoms with Gasteiger partial charge in [0.2, 0.25) is 0 Å². The van der Waals surface area contributed by atoms with Crippen LogP contribution in [0.1, 0.15) is 25.0 Å². The average Bonchev–Trinajstić information content (AvgIpc) is 4.31. The highest BCUT2D eigenvalue weighted by Crippen LogP contribution is 2.56. The molecule has 0 atom stereocenters. The van der Waals surface area contributed by atoms with E-state index in [2.05, 4.69) is 290 Å². The molecule has 3 heteroatoms. The summed E-state index contributed by atoms with van der Waals surface area (Å²) >= 11 is 1.89. The Bertz CT molecular complexity index is 4920. The van der Waals surface area contributed by atoms with Gasteiger partial charge in [-0.1, -0.05) is 232 Å². The molecule has 0 radical (unpaired) electrons. The highest BCUT2D eigenvalue weighted by Gasteiger charge is 2.36. The summed E-state index contributed by atoms with van der Waals surface area (Å²) in [6, 6.07) is 99.9. The van der Waals surface area contributed by atoms with Crippen LogP contribution in [0.2, 0.25) is 0 Å². The largest absolute Gasteiger partial charge is 0.308 e. The maximum atomic E-state index is 2.62. The van der Waals surface area contributed by atoms with Crippen LogP contribution < -0.4 is 4.90 Å². The van der Waals surface area contributed by atoms with Gasteiger partial charge in [0.25, 0.3) is 0 Å². The molecule has 0 unspecified atom stereocenters. The molecule has 15 aromatic rings. The van der Waals surface area contributed by atoms with E-state index in [-0.39, 0.29) is 5.41 Å². The number of nitrogens with zero attached hydrogens (tertiary/aromatic N) is 2. The van der Waals surface area contributed by atoms with Crippen molar-refractivity contribution in [1.29, 1.82) is 0 Å². The first-order valence-electron chi connectivity index (χ1n) is 27.1. The summed E-state index contributed by atoms with van der Waals surface area (Å²) in [6.45, 7) is 4.79. The number of anilines is 3. The van der Waals surface area contributed by atoms with Gasteiger partial charge in [-0.15, -0.1) is 11.3 Å². The molecule has 0 spiro atoms. The van der Waals surface area contributed by atoms with Crippen molar-refractivity contribution in [3.05, 3.63) is 278 Å². The number of hydrogen-bond acceptors (Lipinski definition) is 2. The van der Waals surface area contributed by atoms with Crippen LogP contribution in [0.3, 0.4) is 0 Å². The Balaban J connectivity index is 1.07. The van der Waals surface area contributed by atoms with Crippen molar-refractivity contribution in [2.45, 2.75) is 19.3 Å². The van der Waals surface area contributed by atoms with Gasteiger partial charge in [-0.3, -0.25) is 0 Å². The van der Waals surface area contributed by atoms with E-state index in [4.69, 9.17) is 0 Å².